The topological polar surface area (TPSA) is 75.3 Å². The maximum Gasteiger partial charge on any atom is 0.263 e. The number of para-hydroxylation sites is 1. The molecule has 0 atom stereocenters. The zero-order valence-electron chi connectivity index (χ0n) is 14.4. The van der Waals surface area contributed by atoms with Gasteiger partial charge >= 0.3 is 0 Å². The largest absolute Gasteiger partial charge is 0.326 e. The van der Waals surface area contributed by atoms with Crippen molar-refractivity contribution >= 4 is 50.5 Å². The summed E-state index contributed by atoms with van der Waals surface area (Å²) in [5.74, 6) is 0.227. The third kappa shape index (κ3) is 5.62. The number of amides is 1. The molecule has 2 N–H and O–H groups in total. The number of nitrogens with one attached hydrogen (secondary N) is 2. The van der Waals surface area contributed by atoms with E-state index < -0.39 is 10.0 Å². The van der Waals surface area contributed by atoms with Gasteiger partial charge in [0.05, 0.1) is 15.7 Å². The number of hydrogen-bond donors (Lipinski definition) is 2. The summed E-state index contributed by atoms with van der Waals surface area (Å²) in [6.45, 7) is 4.06. The van der Waals surface area contributed by atoms with Gasteiger partial charge in [0, 0.05) is 12.1 Å². The minimum atomic E-state index is -3.97. The Labute approximate surface area is 163 Å². The van der Waals surface area contributed by atoms with Crippen molar-refractivity contribution in [2.24, 2.45) is 5.92 Å². The fourth-order valence-corrected chi connectivity index (χ4v) is 4.02. The molecule has 0 saturated carbocycles. The van der Waals surface area contributed by atoms with Crippen LogP contribution in [0.15, 0.2) is 47.4 Å². The van der Waals surface area contributed by atoms with E-state index in [1.165, 1.54) is 12.1 Å². The van der Waals surface area contributed by atoms with Crippen molar-refractivity contribution in [3.05, 3.63) is 52.5 Å². The van der Waals surface area contributed by atoms with E-state index in [0.717, 1.165) is 6.42 Å². The number of carbonyl (C=O) groups is 1. The van der Waals surface area contributed by atoms with Gasteiger partial charge in [-0.25, -0.2) is 8.42 Å². The van der Waals surface area contributed by atoms with E-state index in [2.05, 4.69) is 10.0 Å². The van der Waals surface area contributed by atoms with Crippen LogP contribution in [0.4, 0.5) is 11.4 Å². The van der Waals surface area contributed by atoms with Crippen LogP contribution in [0.5, 0.6) is 0 Å². The molecule has 0 aromatic heterocycles. The highest BCUT2D eigenvalue weighted by Crippen LogP contribution is 2.29. The van der Waals surface area contributed by atoms with Crippen LogP contribution in [-0.4, -0.2) is 14.3 Å². The first-order valence-electron chi connectivity index (χ1n) is 8.06. The monoisotopic (exact) mass is 414 g/mol. The van der Waals surface area contributed by atoms with Crippen molar-refractivity contribution < 1.29 is 13.2 Å². The first-order valence-corrected chi connectivity index (χ1v) is 10.3. The van der Waals surface area contributed by atoms with Crippen LogP contribution in [0.1, 0.15) is 26.7 Å². The maximum atomic E-state index is 12.7. The minimum Gasteiger partial charge on any atom is -0.326 e. The van der Waals surface area contributed by atoms with E-state index in [1.807, 2.05) is 13.8 Å². The average molecular weight is 415 g/mol. The Hall–Kier alpha value is -1.76. The van der Waals surface area contributed by atoms with Crippen molar-refractivity contribution in [1.82, 2.24) is 0 Å². The molecule has 8 heteroatoms. The summed E-state index contributed by atoms with van der Waals surface area (Å²) in [6, 6.07) is 10.8. The Morgan fingerprint density at radius 3 is 2.42 bits per heavy atom. The number of rotatable bonds is 7. The van der Waals surface area contributed by atoms with E-state index in [9.17, 15) is 13.2 Å². The second-order valence-corrected chi connectivity index (χ2v) is 8.68. The van der Waals surface area contributed by atoms with Gasteiger partial charge in [-0.3, -0.25) is 9.52 Å². The highest BCUT2D eigenvalue weighted by atomic mass is 35.5. The summed E-state index contributed by atoms with van der Waals surface area (Å²) in [6.07, 6.45) is 1.11. The van der Waals surface area contributed by atoms with Gasteiger partial charge in [0.15, 0.2) is 0 Å². The van der Waals surface area contributed by atoms with Gasteiger partial charge in [0.2, 0.25) is 5.91 Å². The van der Waals surface area contributed by atoms with Crippen molar-refractivity contribution in [2.45, 2.75) is 31.6 Å². The van der Waals surface area contributed by atoms with E-state index in [4.69, 9.17) is 23.2 Å². The van der Waals surface area contributed by atoms with Crippen LogP contribution >= 0.6 is 23.2 Å². The molecule has 0 aliphatic rings. The van der Waals surface area contributed by atoms with Gasteiger partial charge in [-0.05, 0) is 42.7 Å². The molecule has 0 bridgehead atoms. The van der Waals surface area contributed by atoms with Gasteiger partial charge in [-0.15, -0.1) is 0 Å². The molecule has 0 spiro atoms. The number of halogens is 2. The molecule has 140 valence electrons. The predicted molar refractivity (Wildman–Crippen MR) is 106 cm³/mol. The van der Waals surface area contributed by atoms with Crippen LogP contribution in [0.25, 0.3) is 0 Å². The Morgan fingerprint density at radius 1 is 1.08 bits per heavy atom. The molecule has 2 rings (SSSR count). The Morgan fingerprint density at radius 2 is 1.77 bits per heavy atom. The lowest BCUT2D eigenvalue weighted by molar-refractivity contribution is -0.116. The number of carbonyl (C=O) groups excluding carboxylic acids is 1. The molecular formula is C18H20Cl2N2O3S. The zero-order chi connectivity index (χ0) is 19.3. The van der Waals surface area contributed by atoms with Gasteiger partial charge in [-0.2, -0.15) is 0 Å². The second-order valence-electron chi connectivity index (χ2n) is 6.21. The lowest BCUT2D eigenvalue weighted by Gasteiger charge is -2.13. The third-order valence-corrected chi connectivity index (χ3v) is 5.75. The number of hydrogen-bond acceptors (Lipinski definition) is 3. The van der Waals surface area contributed by atoms with E-state index in [-0.39, 0.29) is 26.5 Å². The second kappa shape index (κ2) is 8.75. The van der Waals surface area contributed by atoms with Crippen molar-refractivity contribution in [2.75, 3.05) is 10.0 Å². The molecule has 0 radical (unpaired) electrons. The smallest absolute Gasteiger partial charge is 0.263 e. The summed E-state index contributed by atoms with van der Waals surface area (Å²) in [5.41, 5.74) is 0.610. The fraction of sp³-hybridized carbons (Fsp3) is 0.278. The lowest BCUT2D eigenvalue weighted by Crippen LogP contribution is -2.16. The third-order valence-electron chi connectivity index (χ3n) is 3.57. The van der Waals surface area contributed by atoms with Crippen molar-refractivity contribution in [1.29, 1.82) is 0 Å². The van der Waals surface area contributed by atoms with E-state index >= 15 is 0 Å². The van der Waals surface area contributed by atoms with Gasteiger partial charge in [0.25, 0.3) is 10.0 Å². The number of sulfonamides is 1. The Balaban J connectivity index is 2.23. The summed E-state index contributed by atoms with van der Waals surface area (Å²) in [5, 5.41) is 3.01. The molecule has 2 aromatic rings. The highest BCUT2D eigenvalue weighted by molar-refractivity contribution is 7.92. The summed E-state index contributed by atoms with van der Waals surface area (Å²) in [7, 11) is -3.97. The SMILES string of the molecule is CC(C)CCC(=O)Nc1ccc(Cl)c(S(=O)(=O)Nc2ccccc2Cl)c1. The molecule has 0 aliphatic heterocycles. The van der Waals surface area contributed by atoms with E-state index in [1.54, 1.807) is 30.3 Å². The Kier molecular flexibility index (Phi) is 6.92. The van der Waals surface area contributed by atoms with Crippen LogP contribution in [0, 0.1) is 5.92 Å². The summed E-state index contributed by atoms with van der Waals surface area (Å²) in [4.78, 5) is 11.8. The number of benzene rings is 2. The highest BCUT2D eigenvalue weighted by Gasteiger charge is 2.20. The van der Waals surface area contributed by atoms with Crippen molar-refractivity contribution in [3.63, 3.8) is 0 Å². The molecule has 5 nitrogen and oxygen atoms in total. The first-order chi connectivity index (χ1) is 12.2. The van der Waals surface area contributed by atoms with Crippen LogP contribution in [0.3, 0.4) is 0 Å². The quantitative estimate of drug-likeness (QED) is 0.655. The lowest BCUT2D eigenvalue weighted by atomic mass is 10.1. The predicted octanol–water partition coefficient (Wildman–Crippen LogP) is 5.17. The standard InChI is InChI=1S/C18H20Cl2N2O3S/c1-12(2)7-10-18(23)21-13-8-9-15(20)17(11-13)26(24,25)22-16-6-4-3-5-14(16)19/h3-6,8-9,11-12,22H,7,10H2,1-2H3,(H,21,23). The number of anilines is 2. The molecule has 0 heterocycles. The van der Waals surface area contributed by atoms with E-state index in [0.29, 0.717) is 18.0 Å². The van der Waals surface area contributed by atoms with Gasteiger partial charge < -0.3 is 5.32 Å². The molecule has 0 saturated heterocycles. The van der Waals surface area contributed by atoms with Crippen LogP contribution in [0.2, 0.25) is 10.0 Å². The van der Waals surface area contributed by atoms with Crippen molar-refractivity contribution in [3.8, 4) is 0 Å². The zero-order valence-corrected chi connectivity index (χ0v) is 16.8. The molecule has 0 fully saturated rings. The molecule has 1 amide bonds. The molecule has 2 aromatic carbocycles. The molecule has 0 aliphatic carbocycles. The fourth-order valence-electron chi connectivity index (χ4n) is 2.17. The Bertz CT molecular complexity index is 899. The van der Waals surface area contributed by atoms with Crippen LogP contribution in [-0.2, 0) is 14.8 Å². The molecule has 26 heavy (non-hydrogen) atoms. The van der Waals surface area contributed by atoms with Gasteiger partial charge in [-0.1, -0.05) is 49.2 Å². The summed E-state index contributed by atoms with van der Waals surface area (Å²) >= 11 is 12.1. The normalized spacial score (nSPS) is 11.4. The van der Waals surface area contributed by atoms with Gasteiger partial charge in [0.1, 0.15) is 4.90 Å². The first kappa shape index (κ1) is 20.6. The van der Waals surface area contributed by atoms with Crippen LogP contribution < -0.4 is 10.0 Å². The minimum absolute atomic E-state index is 0.0460. The molecule has 0 unspecified atom stereocenters. The maximum absolute atomic E-state index is 12.7. The average Bonchev–Trinajstić information content (AvgIpc) is 2.56. The summed E-state index contributed by atoms with van der Waals surface area (Å²) < 4.78 is 27.7. The molecular weight excluding hydrogens is 395 g/mol.